The Morgan fingerprint density at radius 1 is 1.31 bits per heavy atom. The average Bonchev–Trinajstić information content (AvgIpc) is 2.76. The highest BCUT2D eigenvalue weighted by Gasteiger charge is 2.20. The molecule has 88 valence electrons. The molecule has 0 fully saturated rings. The van der Waals surface area contributed by atoms with E-state index in [2.05, 4.69) is 35.0 Å². The Morgan fingerprint density at radius 3 is 2.56 bits per heavy atom. The van der Waals surface area contributed by atoms with Crippen LogP contribution in [0, 0.1) is 6.92 Å². The standard InChI is InChI=1S/C11H15N3.C2H6/c1-8-4-3-5-9-6-14(7-10(8)9)11(12)13-2;1-2/h3-5H,6-7H2,1-2H3,(H2,12,13);1-2H3. The van der Waals surface area contributed by atoms with Crippen molar-refractivity contribution in [1.29, 1.82) is 0 Å². The lowest BCUT2D eigenvalue weighted by atomic mass is 10.1. The first kappa shape index (κ1) is 12.6. The minimum Gasteiger partial charge on any atom is -0.370 e. The molecule has 0 saturated carbocycles. The van der Waals surface area contributed by atoms with Crippen LogP contribution in [0.25, 0.3) is 0 Å². The molecule has 0 aromatic heterocycles. The Bertz CT molecular complexity index is 383. The largest absolute Gasteiger partial charge is 0.370 e. The number of guanidine groups is 1. The molecule has 1 heterocycles. The smallest absolute Gasteiger partial charge is 0.191 e. The van der Waals surface area contributed by atoms with Gasteiger partial charge in [-0.1, -0.05) is 32.0 Å². The van der Waals surface area contributed by atoms with Crippen LogP contribution >= 0.6 is 0 Å². The second kappa shape index (κ2) is 5.54. The predicted octanol–water partition coefficient (Wildman–Crippen LogP) is 2.28. The number of nitrogens with two attached hydrogens (primary N) is 1. The first-order chi connectivity index (χ1) is 7.72. The predicted molar refractivity (Wildman–Crippen MR) is 69.3 cm³/mol. The van der Waals surface area contributed by atoms with Crippen molar-refractivity contribution in [2.45, 2.75) is 33.9 Å². The number of fused-ring (bicyclic) bond motifs is 1. The van der Waals surface area contributed by atoms with Gasteiger partial charge in [0.1, 0.15) is 0 Å². The van der Waals surface area contributed by atoms with Gasteiger partial charge in [-0.2, -0.15) is 0 Å². The number of hydrogen-bond acceptors (Lipinski definition) is 1. The van der Waals surface area contributed by atoms with Gasteiger partial charge in [0.2, 0.25) is 0 Å². The molecular formula is C13H21N3. The maximum absolute atomic E-state index is 5.78. The van der Waals surface area contributed by atoms with Crippen molar-refractivity contribution in [2.75, 3.05) is 7.05 Å². The van der Waals surface area contributed by atoms with E-state index >= 15 is 0 Å². The van der Waals surface area contributed by atoms with Crippen molar-refractivity contribution in [3.63, 3.8) is 0 Å². The number of rotatable bonds is 0. The summed E-state index contributed by atoms with van der Waals surface area (Å²) in [5.41, 5.74) is 9.90. The van der Waals surface area contributed by atoms with Gasteiger partial charge in [-0.05, 0) is 23.6 Å². The van der Waals surface area contributed by atoms with Crippen molar-refractivity contribution in [3.05, 3.63) is 34.9 Å². The maximum atomic E-state index is 5.78. The number of hydrogen-bond donors (Lipinski definition) is 1. The van der Waals surface area contributed by atoms with Gasteiger partial charge in [0.05, 0.1) is 0 Å². The van der Waals surface area contributed by atoms with Crippen LogP contribution in [0.15, 0.2) is 23.2 Å². The molecule has 3 heteroatoms. The van der Waals surface area contributed by atoms with Crippen LogP contribution in [-0.4, -0.2) is 17.9 Å². The summed E-state index contributed by atoms with van der Waals surface area (Å²) < 4.78 is 0. The van der Waals surface area contributed by atoms with E-state index in [1.54, 1.807) is 7.05 Å². The summed E-state index contributed by atoms with van der Waals surface area (Å²) in [6.45, 7) is 7.92. The third-order valence-corrected chi connectivity index (χ3v) is 2.77. The van der Waals surface area contributed by atoms with Crippen molar-refractivity contribution < 1.29 is 0 Å². The van der Waals surface area contributed by atoms with Crippen molar-refractivity contribution in [3.8, 4) is 0 Å². The molecule has 0 unspecified atom stereocenters. The van der Waals surface area contributed by atoms with Crippen LogP contribution in [0.5, 0.6) is 0 Å². The lowest BCUT2D eigenvalue weighted by Gasteiger charge is -2.15. The zero-order valence-electron chi connectivity index (χ0n) is 10.6. The van der Waals surface area contributed by atoms with E-state index in [9.17, 15) is 0 Å². The first-order valence-electron chi connectivity index (χ1n) is 5.77. The molecule has 1 aliphatic rings. The van der Waals surface area contributed by atoms with E-state index in [-0.39, 0.29) is 0 Å². The molecule has 0 aliphatic carbocycles. The van der Waals surface area contributed by atoms with Gasteiger partial charge in [-0.25, -0.2) is 0 Å². The Labute approximate surface area is 98.0 Å². The highest BCUT2D eigenvalue weighted by Crippen LogP contribution is 2.24. The van der Waals surface area contributed by atoms with Crippen molar-refractivity contribution in [2.24, 2.45) is 10.7 Å². The quantitative estimate of drug-likeness (QED) is 0.537. The molecular weight excluding hydrogens is 198 g/mol. The van der Waals surface area contributed by atoms with Crippen LogP contribution in [-0.2, 0) is 13.1 Å². The highest BCUT2D eigenvalue weighted by molar-refractivity contribution is 5.78. The summed E-state index contributed by atoms with van der Waals surface area (Å²) in [7, 11) is 1.73. The van der Waals surface area contributed by atoms with Gasteiger partial charge < -0.3 is 10.6 Å². The number of aryl methyl sites for hydroxylation is 1. The SMILES string of the molecule is CC.CN=C(N)N1Cc2cccc(C)c2C1. The second-order valence-corrected chi connectivity index (χ2v) is 3.65. The Balaban J connectivity index is 0.000000606. The molecule has 1 aromatic carbocycles. The fraction of sp³-hybridized carbons (Fsp3) is 0.462. The summed E-state index contributed by atoms with van der Waals surface area (Å²) in [5.74, 6) is 0.626. The van der Waals surface area contributed by atoms with E-state index in [1.165, 1.54) is 16.7 Å². The van der Waals surface area contributed by atoms with Crippen LogP contribution in [0.3, 0.4) is 0 Å². The third-order valence-electron chi connectivity index (χ3n) is 2.77. The van der Waals surface area contributed by atoms with E-state index in [1.807, 2.05) is 13.8 Å². The van der Waals surface area contributed by atoms with Gasteiger partial charge in [0.15, 0.2) is 5.96 Å². The monoisotopic (exact) mass is 219 g/mol. The minimum absolute atomic E-state index is 0.626. The molecule has 3 nitrogen and oxygen atoms in total. The molecule has 0 amide bonds. The first-order valence-corrected chi connectivity index (χ1v) is 5.77. The number of benzene rings is 1. The third kappa shape index (κ3) is 2.35. The van der Waals surface area contributed by atoms with E-state index in [0.717, 1.165) is 13.1 Å². The molecule has 1 aromatic rings. The van der Waals surface area contributed by atoms with E-state index in [0.29, 0.717) is 5.96 Å². The fourth-order valence-corrected chi connectivity index (χ4v) is 1.89. The summed E-state index contributed by atoms with van der Waals surface area (Å²) in [6.07, 6.45) is 0. The van der Waals surface area contributed by atoms with Crippen LogP contribution in [0.4, 0.5) is 0 Å². The number of aliphatic imine (C=N–C) groups is 1. The molecule has 1 aliphatic heterocycles. The Kier molecular flexibility index (Phi) is 4.35. The van der Waals surface area contributed by atoms with E-state index in [4.69, 9.17) is 5.73 Å². The average molecular weight is 219 g/mol. The molecule has 0 saturated heterocycles. The van der Waals surface area contributed by atoms with Crippen molar-refractivity contribution in [1.82, 2.24) is 4.90 Å². The van der Waals surface area contributed by atoms with E-state index < -0.39 is 0 Å². The summed E-state index contributed by atoms with van der Waals surface area (Å²) in [5, 5.41) is 0. The lowest BCUT2D eigenvalue weighted by Crippen LogP contribution is -2.32. The second-order valence-electron chi connectivity index (χ2n) is 3.65. The molecule has 0 bridgehead atoms. The molecule has 0 spiro atoms. The Morgan fingerprint density at radius 2 is 2.00 bits per heavy atom. The highest BCUT2D eigenvalue weighted by atomic mass is 15.3. The zero-order chi connectivity index (χ0) is 12.1. The van der Waals surface area contributed by atoms with Gasteiger partial charge in [0, 0.05) is 20.1 Å². The van der Waals surface area contributed by atoms with Gasteiger partial charge in [-0.15, -0.1) is 0 Å². The van der Waals surface area contributed by atoms with Crippen LogP contribution in [0.2, 0.25) is 0 Å². The topological polar surface area (TPSA) is 41.6 Å². The molecule has 2 rings (SSSR count). The van der Waals surface area contributed by atoms with Crippen LogP contribution in [0.1, 0.15) is 30.5 Å². The molecule has 2 N–H and O–H groups in total. The Hall–Kier alpha value is -1.51. The lowest BCUT2D eigenvalue weighted by molar-refractivity contribution is 0.441. The molecule has 0 radical (unpaired) electrons. The van der Waals surface area contributed by atoms with Gasteiger partial charge >= 0.3 is 0 Å². The minimum atomic E-state index is 0.626. The molecule has 0 atom stereocenters. The summed E-state index contributed by atoms with van der Waals surface area (Å²) in [4.78, 5) is 6.10. The molecule has 16 heavy (non-hydrogen) atoms. The van der Waals surface area contributed by atoms with Gasteiger partial charge in [0.25, 0.3) is 0 Å². The summed E-state index contributed by atoms with van der Waals surface area (Å²) >= 11 is 0. The summed E-state index contributed by atoms with van der Waals surface area (Å²) in [6, 6.07) is 6.39. The number of nitrogens with zero attached hydrogens (tertiary/aromatic N) is 2. The zero-order valence-corrected chi connectivity index (χ0v) is 10.6. The maximum Gasteiger partial charge on any atom is 0.191 e. The van der Waals surface area contributed by atoms with Crippen molar-refractivity contribution >= 4 is 5.96 Å². The normalized spacial score (nSPS) is 14.2. The van der Waals surface area contributed by atoms with Crippen LogP contribution < -0.4 is 5.73 Å². The van der Waals surface area contributed by atoms with Gasteiger partial charge in [-0.3, -0.25) is 4.99 Å². The fourth-order valence-electron chi connectivity index (χ4n) is 1.89.